The third-order valence-electron chi connectivity index (χ3n) is 3.78. The largest absolute Gasteiger partial charge is 0.352 e. The first-order valence-corrected chi connectivity index (χ1v) is 6.65. The molecule has 0 unspecified atom stereocenters. The second kappa shape index (κ2) is 4.97. The second-order valence-corrected chi connectivity index (χ2v) is 6.55. The van der Waals surface area contributed by atoms with Gasteiger partial charge in [0.2, 0.25) is 5.29 Å². The molecule has 0 atom stereocenters. The van der Waals surface area contributed by atoms with Crippen LogP contribution in [0.4, 0.5) is 0 Å². The van der Waals surface area contributed by atoms with Crippen molar-refractivity contribution in [2.75, 3.05) is 0 Å². The normalized spacial score (nSPS) is 19.5. The van der Waals surface area contributed by atoms with E-state index in [0.717, 1.165) is 0 Å². The van der Waals surface area contributed by atoms with Crippen molar-refractivity contribution in [1.82, 2.24) is 4.90 Å². The van der Waals surface area contributed by atoms with Gasteiger partial charge in [0.05, 0.1) is 6.34 Å². The highest BCUT2D eigenvalue weighted by Crippen LogP contribution is 2.45. The van der Waals surface area contributed by atoms with Crippen LogP contribution in [-0.4, -0.2) is 27.6 Å². The lowest BCUT2D eigenvalue weighted by Gasteiger charge is -2.57. The molecule has 17 heavy (non-hydrogen) atoms. The van der Waals surface area contributed by atoms with Crippen LogP contribution in [0.2, 0.25) is 0 Å². The van der Waals surface area contributed by atoms with Crippen LogP contribution in [0, 0.1) is 11.3 Å². The van der Waals surface area contributed by atoms with Gasteiger partial charge in [0.1, 0.15) is 0 Å². The first kappa shape index (κ1) is 14.5. The molecule has 0 aliphatic heterocycles. The molecule has 0 aromatic carbocycles. The van der Waals surface area contributed by atoms with Gasteiger partial charge in [0.25, 0.3) is 0 Å². The number of rotatable bonds is 3. The monoisotopic (exact) mass is 257 g/mol. The quantitative estimate of drug-likeness (QED) is 0.465. The van der Waals surface area contributed by atoms with Crippen LogP contribution >= 0.6 is 11.6 Å². The number of hydrogen-bond donors (Lipinski definition) is 1. The molecule has 0 heterocycles. The Morgan fingerprint density at radius 2 is 1.94 bits per heavy atom. The first-order chi connectivity index (χ1) is 7.70. The van der Waals surface area contributed by atoms with Crippen molar-refractivity contribution in [2.24, 2.45) is 10.9 Å². The molecule has 4 heteroatoms. The summed E-state index contributed by atoms with van der Waals surface area (Å²) in [5.41, 5.74) is 0.189. The van der Waals surface area contributed by atoms with E-state index in [0.29, 0.717) is 5.92 Å². The van der Waals surface area contributed by atoms with Crippen molar-refractivity contribution < 1.29 is 0 Å². The lowest BCUT2D eigenvalue weighted by Crippen LogP contribution is -2.62. The maximum absolute atomic E-state index is 7.22. The van der Waals surface area contributed by atoms with E-state index in [1.165, 1.54) is 19.3 Å². The second-order valence-electron chi connectivity index (χ2n) is 6.19. The van der Waals surface area contributed by atoms with Crippen LogP contribution in [0.25, 0.3) is 0 Å². The molecule has 1 fully saturated rings. The van der Waals surface area contributed by atoms with Gasteiger partial charge in [-0.1, -0.05) is 13.8 Å². The molecule has 0 spiro atoms. The van der Waals surface area contributed by atoms with Crippen LogP contribution in [0.1, 0.15) is 53.9 Å². The highest BCUT2D eigenvalue weighted by Gasteiger charge is 2.47. The molecule has 98 valence electrons. The molecular weight excluding hydrogens is 234 g/mol. The Hall–Kier alpha value is -0.570. The van der Waals surface area contributed by atoms with Gasteiger partial charge >= 0.3 is 0 Å². The lowest BCUT2D eigenvalue weighted by atomic mass is 9.67. The standard InChI is InChI=1S/C13H24ClN3/c1-10(2)13(7-6-8-13)17(12(3,4)5)9-16-11(14)15/h9-10,15H,6-8H2,1-5H3. The molecule has 1 aliphatic carbocycles. The Morgan fingerprint density at radius 3 is 2.18 bits per heavy atom. The lowest BCUT2D eigenvalue weighted by molar-refractivity contribution is -0.0176. The van der Waals surface area contributed by atoms with Gasteiger partial charge in [0.15, 0.2) is 0 Å². The Kier molecular flexibility index (Phi) is 4.23. The minimum atomic E-state index is -0.155. The maximum Gasteiger partial charge on any atom is 0.216 e. The zero-order valence-electron chi connectivity index (χ0n) is 11.5. The smallest absolute Gasteiger partial charge is 0.216 e. The summed E-state index contributed by atoms with van der Waals surface area (Å²) in [6, 6.07) is 0. The summed E-state index contributed by atoms with van der Waals surface area (Å²) in [4.78, 5) is 6.27. The zero-order valence-corrected chi connectivity index (χ0v) is 12.3. The van der Waals surface area contributed by atoms with E-state index in [9.17, 15) is 0 Å². The summed E-state index contributed by atoms with van der Waals surface area (Å²) in [7, 11) is 0. The Balaban J connectivity index is 3.02. The molecule has 0 bridgehead atoms. The number of hydrogen-bond acceptors (Lipinski definition) is 1. The Morgan fingerprint density at radius 1 is 1.41 bits per heavy atom. The van der Waals surface area contributed by atoms with Gasteiger partial charge in [-0.15, -0.1) is 0 Å². The van der Waals surface area contributed by atoms with E-state index in [1.807, 2.05) is 0 Å². The van der Waals surface area contributed by atoms with Gasteiger partial charge < -0.3 is 4.90 Å². The fraction of sp³-hybridized carbons (Fsp3) is 0.846. The summed E-state index contributed by atoms with van der Waals surface area (Å²) >= 11 is 5.52. The summed E-state index contributed by atoms with van der Waals surface area (Å²) in [5.74, 6) is 0.575. The van der Waals surface area contributed by atoms with Crippen molar-refractivity contribution in [3.05, 3.63) is 0 Å². The van der Waals surface area contributed by atoms with Crippen LogP contribution in [0.5, 0.6) is 0 Å². The van der Waals surface area contributed by atoms with E-state index in [2.05, 4.69) is 44.5 Å². The van der Waals surface area contributed by atoms with E-state index in [4.69, 9.17) is 17.0 Å². The summed E-state index contributed by atoms with van der Waals surface area (Å²) in [6.07, 6.45) is 5.43. The van der Waals surface area contributed by atoms with Gasteiger partial charge in [-0.05, 0) is 57.6 Å². The molecule has 1 aliphatic rings. The third kappa shape index (κ3) is 3.01. The molecular formula is C13H24ClN3. The fourth-order valence-corrected chi connectivity index (χ4v) is 2.74. The molecule has 3 nitrogen and oxygen atoms in total. The fourth-order valence-electron chi connectivity index (χ4n) is 2.70. The van der Waals surface area contributed by atoms with Gasteiger partial charge in [-0.3, -0.25) is 5.41 Å². The number of amidine groups is 1. The number of aliphatic imine (C=N–C) groups is 1. The molecule has 0 radical (unpaired) electrons. The summed E-state index contributed by atoms with van der Waals surface area (Å²) in [6.45, 7) is 11.1. The van der Waals surface area contributed by atoms with Crippen molar-refractivity contribution >= 4 is 23.2 Å². The summed E-state index contributed by atoms with van der Waals surface area (Å²) in [5, 5.41) is 7.06. The van der Waals surface area contributed by atoms with Crippen LogP contribution in [-0.2, 0) is 0 Å². The van der Waals surface area contributed by atoms with Gasteiger partial charge in [-0.25, -0.2) is 4.99 Å². The Labute approximate surface area is 110 Å². The van der Waals surface area contributed by atoms with Crippen molar-refractivity contribution in [3.8, 4) is 0 Å². The van der Waals surface area contributed by atoms with E-state index >= 15 is 0 Å². The SMILES string of the molecule is CC(C)C1(N(C=NC(=N)Cl)C(C)(C)C)CCC1. The molecule has 0 aromatic heterocycles. The minimum absolute atomic E-state index is 0.000525. The average Bonchev–Trinajstić information content (AvgIpc) is 2.05. The minimum Gasteiger partial charge on any atom is -0.352 e. The summed E-state index contributed by atoms with van der Waals surface area (Å²) < 4.78 is 0. The topological polar surface area (TPSA) is 39.5 Å². The first-order valence-electron chi connectivity index (χ1n) is 6.28. The molecule has 1 saturated carbocycles. The van der Waals surface area contributed by atoms with Crippen molar-refractivity contribution in [3.63, 3.8) is 0 Å². The third-order valence-corrected chi connectivity index (χ3v) is 3.88. The van der Waals surface area contributed by atoms with Crippen molar-refractivity contribution in [1.29, 1.82) is 5.41 Å². The van der Waals surface area contributed by atoms with Crippen LogP contribution < -0.4 is 0 Å². The molecule has 0 aromatic rings. The van der Waals surface area contributed by atoms with Crippen LogP contribution in [0.15, 0.2) is 4.99 Å². The number of nitrogens with one attached hydrogen (secondary N) is 1. The van der Waals surface area contributed by atoms with E-state index in [1.54, 1.807) is 6.34 Å². The zero-order chi connectivity index (χ0) is 13.3. The van der Waals surface area contributed by atoms with Gasteiger partial charge in [0, 0.05) is 11.1 Å². The van der Waals surface area contributed by atoms with E-state index < -0.39 is 0 Å². The highest BCUT2D eigenvalue weighted by molar-refractivity contribution is 6.64. The van der Waals surface area contributed by atoms with Crippen LogP contribution in [0.3, 0.4) is 0 Å². The molecule has 1 rings (SSSR count). The number of nitrogens with zero attached hydrogens (tertiary/aromatic N) is 2. The Bertz CT molecular complexity index is 311. The predicted octanol–water partition coefficient (Wildman–Crippen LogP) is 3.87. The van der Waals surface area contributed by atoms with Gasteiger partial charge in [-0.2, -0.15) is 0 Å². The average molecular weight is 258 g/mol. The highest BCUT2D eigenvalue weighted by atomic mass is 35.5. The molecule has 0 saturated heterocycles. The number of halogens is 1. The predicted molar refractivity (Wildman–Crippen MR) is 75.1 cm³/mol. The molecule has 0 amide bonds. The maximum atomic E-state index is 7.22. The molecule has 1 N–H and O–H groups in total. The van der Waals surface area contributed by atoms with E-state index in [-0.39, 0.29) is 16.4 Å². The van der Waals surface area contributed by atoms with Crippen molar-refractivity contribution in [2.45, 2.75) is 65.0 Å².